The van der Waals surface area contributed by atoms with E-state index in [1.54, 1.807) is 54.7 Å². The minimum Gasteiger partial charge on any atom is -0.480 e. The van der Waals surface area contributed by atoms with Gasteiger partial charge in [-0.2, -0.15) is 4.31 Å². The van der Waals surface area contributed by atoms with Crippen LogP contribution in [-0.4, -0.2) is 54.3 Å². The molecular formula is C26H25N3O5S. The molecule has 0 aliphatic heterocycles. The lowest BCUT2D eigenvalue weighted by molar-refractivity contribution is -0.141. The molecule has 1 amide bonds. The van der Waals surface area contributed by atoms with Crippen molar-refractivity contribution in [3.63, 3.8) is 0 Å². The molecule has 0 saturated heterocycles. The second-order valence-electron chi connectivity index (χ2n) is 7.90. The fourth-order valence-electron chi connectivity index (χ4n) is 3.15. The SMILES string of the molecule is Cc1ccc(S(=O)(=O)N(C)CC(=O)NC(Cc2ccc(C#Cc3ccccn3)cc2)C(=O)O)cc1. The van der Waals surface area contributed by atoms with Gasteiger partial charge in [0, 0.05) is 25.2 Å². The summed E-state index contributed by atoms with van der Waals surface area (Å²) in [7, 11) is -2.62. The van der Waals surface area contributed by atoms with E-state index in [2.05, 4.69) is 22.1 Å². The number of nitrogens with one attached hydrogen (secondary N) is 1. The van der Waals surface area contributed by atoms with E-state index >= 15 is 0 Å². The lowest BCUT2D eigenvalue weighted by atomic mass is 10.0. The van der Waals surface area contributed by atoms with Crippen LogP contribution >= 0.6 is 0 Å². The summed E-state index contributed by atoms with van der Waals surface area (Å²) in [6, 6.07) is 17.5. The minimum absolute atomic E-state index is 0.0312. The lowest BCUT2D eigenvalue weighted by Gasteiger charge is -2.19. The smallest absolute Gasteiger partial charge is 0.326 e. The number of benzene rings is 2. The third kappa shape index (κ3) is 7.24. The van der Waals surface area contributed by atoms with Gasteiger partial charge in [-0.3, -0.25) is 4.79 Å². The minimum atomic E-state index is -3.89. The average Bonchev–Trinajstić information content (AvgIpc) is 2.84. The summed E-state index contributed by atoms with van der Waals surface area (Å²) in [5.41, 5.74) is 2.96. The zero-order chi connectivity index (χ0) is 25.4. The number of amides is 1. The Morgan fingerprint density at radius 3 is 2.31 bits per heavy atom. The maximum atomic E-state index is 12.7. The number of carboxylic acid groups (broad SMARTS) is 1. The molecule has 0 aliphatic carbocycles. The van der Waals surface area contributed by atoms with Gasteiger partial charge in [-0.15, -0.1) is 0 Å². The number of carboxylic acids is 1. The van der Waals surface area contributed by atoms with Crippen LogP contribution in [0.4, 0.5) is 0 Å². The molecule has 0 radical (unpaired) electrons. The summed E-state index contributed by atoms with van der Waals surface area (Å²) in [6.07, 6.45) is 1.69. The molecule has 2 aromatic carbocycles. The van der Waals surface area contributed by atoms with Crippen LogP contribution in [0.2, 0.25) is 0 Å². The van der Waals surface area contributed by atoms with Gasteiger partial charge in [-0.05, 0) is 54.8 Å². The second kappa shape index (κ2) is 11.4. The monoisotopic (exact) mass is 491 g/mol. The molecule has 1 atom stereocenters. The van der Waals surface area contributed by atoms with E-state index in [4.69, 9.17) is 0 Å². The van der Waals surface area contributed by atoms with Gasteiger partial charge in [-0.1, -0.05) is 41.8 Å². The molecule has 8 nitrogen and oxygen atoms in total. The van der Waals surface area contributed by atoms with Crippen LogP contribution in [0.3, 0.4) is 0 Å². The molecule has 2 N–H and O–H groups in total. The van der Waals surface area contributed by atoms with E-state index < -0.39 is 34.5 Å². The van der Waals surface area contributed by atoms with Gasteiger partial charge in [-0.25, -0.2) is 18.2 Å². The zero-order valence-electron chi connectivity index (χ0n) is 19.3. The molecule has 1 unspecified atom stereocenters. The quantitative estimate of drug-likeness (QED) is 0.467. The molecule has 1 heterocycles. The molecule has 180 valence electrons. The predicted molar refractivity (Wildman–Crippen MR) is 131 cm³/mol. The highest BCUT2D eigenvalue weighted by Gasteiger charge is 2.26. The van der Waals surface area contributed by atoms with E-state index in [1.165, 1.54) is 19.2 Å². The maximum Gasteiger partial charge on any atom is 0.326 e. The number of sulfonamides is 1. The summed E-state index contributed by atoms with van der Waals surface area (Å²) in [6.45, 7) is 1.32. The highest BCUT2D eigenvalue weighted by Crippen LogP contribution is 2.15. The van der Waals surface area contributed by atoms with Crippen molar-refractivity contribution in [2.45, 2.75) is 24.3 Å². The zero-order valence-corrected chi connectivity index (χ0v) is 20.1. The third-order valence-corrected chi connectivity index (χ3v) is 6.94. The number of likely N-dealkylation sites (N-methyl/N-ethyl adjacent to an activating group) is 1. The summed E-state index contributed by atoms with van der Waals surface area (Å²) in [5.74, 6) is 4.00. The molecule has 0 bridgehead atoms. The van der Waals surface area contributed by atoms with E-state index in [0.29, 0.717) is 11.3 Å². The van der Waals surface area contributed by atoms with Gasteiger partial charge in [0.25, 0.3) is 0 Å². The van der Waals surface area contributed by atoms with Crippen LogP contribution in [-0.2, 0) is 26.0 Å². The lowest BCUT2D eigenvalue weighted by Crippen LogP contribution is -2.46. The van der Waals surface area contributed by atoms with Crippen molar-refractivity contribution in [3.05, 3.63) is 95.3 Å². The first-order valence-electron chi connectivity index (χ1n) is 10.7. The summed E-state index contributed by atoms with van der Waals surface area (Å²) in [4.78, 5) is 28.4. The molecule has 3 rings (SSSR count). The van der Waals surface area contributed by atoms with Crippen LogP contribution in [0, 0.1) is 18.8 Å². The van der Waals surface area contributed by atoms with Crippen LogP contribution < -0.4 is 5.32 Å². The van der Waals surface area contributed by atoms with Crippen LogP contribution in [0.5, 0.6) is 0 Å². The largest absolute Gasteiger partial charge is 0.480 e. The van der Waals surface area contributed by atoms with Crippen molar-refractivity contribution in [3.8, 4) is 11.8 Å². The highest BCUT2D eigenvalue weighted by molar-refractivity contribution is 7.89. The van der Waals surface area contributed by atoms with Gasteiger partial charge in [0.05, 0.1) is 11.4 Å². The van der Waals surface area contributed by atoms with Crippen molar-refractivity contribution >= 4 is 21.9 Å². The molecule has 9 heteroatoms. The molecule has 3 aromatic rings. The summed E-state index contributed by atoms with van der Waals surface area (Å²) >= 11 is 0. The summed E-state index contributed by atoms with van der Waals surface area (Å²) in [5, 5.41) is 12.0. The number of rotatable bonds is 8. The van der Waals surface area contributed by atoms with Gasteiger partial charge < -0.3 is 10.4 Å². The number of aromatic nitrogens is 1. The van der Waals surface area contributed by atoms with E-state index in [1.807, 2.05) is 13.0 Å². The average molecular weight is 492 g/mol. The molecule has 0 spiro atoms. The first-order valence-corrected chi connectivity index (χ1v) is 12.2. The Hall–Kier alpha value is -4.00. The number of pyridine rings is 1. The maximum absolute atomic E-state index is 12.7. The Bertz CT molecular complexity index is 1340. The number of hydrogen-bond acceptors (Lipinski definition) is 5. The van der Waals surface area contributed by atoms with Crippen LogP contribution in [0.25, 0.3) is 0 Å². The van der Waals surface area contributed by atoms with Crippen molar-refractivity contribution in [1.29, 1.82) is 0 Å². The normalized spacial score (nSPS) is 11.9. The van der Waals surface area contributed by atoms with Gasteiger partial charge in [0.2, 0.25) is 15.9 Å². The highest BCUT2D eigenvalue weighted by atomic mass is 32.2. The Balaban J connectivity index is 1.61. The number of carbonyl (C=O) groups is 2. The van der Waals surface area contributed by atoms with Crippen molar-refractivity contribution in [1.82, 2.24) is 14.6 Å². The number of aryl methyl sites for hydroxylation is 1. The first-order chi connectivity index (χ1) is 16.6. The van der Waals surface area contributed by atoms with E-state index in [0.717, 1.165) is 15.4 Å². The van der Waals surface area contributed by atoms with Crippen LogP contribution in [0.1, 0.15) is 22.4 Å². The number of carbonyl (C=O) groups excluding carboxylic acids is 1. The number of hydrogen-bond donors (Lipinski definition) is 2. The fourth-order valence-corrected chi connectivity index (χ4v) is 4.28. The Morgan fingerprint density at radius 1 is 1.03 bits per heavy atom. The Kier molecular flexibility index (Phi) is 8.36. The first kappa shape index (κ1) is 25.6. The van der Waals surface area contributed by atoms with Gasteiger partial charge >= 0.3 is 5.97 Å². The van der Waals surface area contributed by atoms with E-state index in [-0.39, 0.29) is 11.3 Å². The van der Waals surface area contributed by atoms with Gasteiger partial charge in [0.15, 0.2) is 0 Å². The molecule has 0 aliphatic rings. The van der Waals surface area contributed by atoms with Crippen molar-refractivity contribution in [2.75, 3.05) is 13.6 Å². The third-order valence-electron chi connectivity index (χ3n) is 5.12. The van der Waals surface area contributed by atoms with Gasteiger partial charge in [0.1, 0.15) is 11.7 Å². The molecular weight excluding hydrogens is 466 g/mol. The Labute approximate surface area is 204 Å². The molecule has 35 heavy (non-hydrogen) atoms. The van der Waals surface area contributed by atoms with Crippen LogP contribution in [0.15, 0.2) is 77.8 Å². The van der Waals surface area contributed by atoms with Crippen molar-refractivity contribution in [2.24, 2.45) is 0 Å². The molecule has 0 saturated carbocycles. The predicted octanol–water partition coefficient (Wildman–Crippen LogP) is 2.22. The Morgan fingerprint density at radius 2 is 1.71 bits per heavy atom. The fraction of sp³-hybridized carbons (Fsp3) is 0.192. The van der Waals surface area contributed by atoms with Crippen molar-refractivity contribution < 1.29 is 23.1 Å². The standard InChI is InChI=1S/C26H25N3O5S/c1-19-6-14-23(15-7-19)35(33,34)29(2)18-25(30)28-24(26(31)32)17-21-10-8-20(9-11-21)12-13-22-5-3-4-16-27-22/h3-11,14-16,24H,17-18H2,1-2H3,(H,28,30)(H,31,32). The summed E-state index contributed by atoms with van der Waals surface area (Å²) < 4.78 is 26.2. The van der Waals surface area contributed by atoms with E-state index in [9.17, 15) is 23.1 Å². The molecule has 1 aromatic heterocycles. The molecule has 0 fully saturated rings. The number of aliphatic carboxylic acids is 1. The second-order valence-corrected chi connectivity index (χ2v) is 9.94. The number of nitrogens with zero attached hydrogens (tertiary/aromatic N) is 2. The topological polar surface area (TPSA) is 117 Å².